The molecule has 6 heteroatoms. The number of sulfone groups is 1. The van der Waals surface area contributed by atoms with E-state index in [1.807, 2.05) is 6.92 Å². The fraction of sp³-hybridized carbons (Fsp3) is 0.462. The lowest BCUT2D eigenvalue weighted by atomic mass is 10.00. The summed E-state index contributed by atoms with van der Waals surface area (Å²) in [6, 6.07) is 8.81. The third-order valence-corrected chi connectivity index (χ3v) is 4.80. The highest BCUT2D eigenvalue weighted by atomic mass is 32.2. The molecule has 0 bridgehead atoms. The lowest BCUT2D eigenvalue weighted by molar-refractivity contribution is 0.545. The Labute approximate surface area is 118 Å². The van der Waals surface area contributed by atoms with E-state index < -0.39 is 15.4 Å². The monoisotopic (exact) mass is 298 g/mol. The number of hydrogen-bond acceptors (Lipinski definition) is 5. The molecule has 2 N–H and O–H groups in total. The van der Waals surface area contributed by atoms with Crippen LogP contribution in [0.3, 0.4) is 0 Å². The second-order valence-corrected chi connectivity index (χ2v) is 8.43. The molecule has 0 heterocycles. The van der Waals surface area contributed by atoms with Crippen molar-refractivity contribution in [3.63, 3.8) is 0 Å². The zero-order valence-corrected chi connectivity index (χ0v) is 12.9. The summed E-state index contributed by atoms with van der Waals surface area (Å²) in [6.07, 6.45) is 1.76. The average Bonchev–Trinajstić information content (AvgIpc) is 2.27. The molecule has 2 unspecified atom stereocenters. The van der Waals surface area contributed by atoms with Crippen LogP contribution in [0.1, 0.15) is 20.3 Å². The fourth-order valence-corrected chi connectivity index (χ4v) is 3.50. The summed E-state index contributed by atoms with van der Waals surface area (Å²) in [5.74, 6) is 0. The maximum Gasteiger partial charge on any atom is 0.175 e. The van der Waals surface area contributed by atoms with Crippen LogP contribution in [0.4, 0.5) is 0 Å². The molecule has 0 amide bonds. The van der Waals surface area contributed by atoms with Gasteiger partial charge in [0.15, 0.2) is 9.84 Å². The van der Waals surface area contributed by atoms with Gasteiger partial charge in [0.2, 0.25) is 0 Å². The maximum absolute atomic E-state index is 11.3. The first-order valence-corrected chi connectivity index (χ1v) is 8.58. The molecule has 0 aliphatic carbocycles. The Morgan fingerprint density at radius 3 is 2.37 bits per heavy atom. The maximum atomic E-state index is 11.3. The Balaban J connectivity index is 2.72. The van der Waals surface area contributed by atoms with Crippen molar-refractivity contribution in [3.8, 4) is 6.07 Å². The van der Waals surface area contributed by atoms with E-state index in [4.69, 9.17) is 11.0 Å². The topological polar surface area (TPSA) is 83.9 Å². The smallest absolute Gasteiger partial charge is 0.175 e. The summed E-state index contributed by atoms with van der Waals surface area (Å²) >= 11 is 1.58. The van der Waals surface area contributed by atoms with Gasteiger partial charge in [-0.1, -0.05) is 6.92 Å². The first-order chi connectivity index (χ1) is 8.64. The van der Waals surface area contributed by atoms with Gasteiger partial charge >= 0.3 is 0 Å². The summed E-state index contributed by atoms with van der Waals surface area (Å²) in [5.41, 5.74) is 4.96. The highest BCUT2D eigenvalue weighted by Crippen LogP contribution is 2.28. The van der Waals surface area contributed by atoms with E-state index in [0.717, 1.165) is 4.90 Å². The van der Waals surface area contributed by atoms with Crippen LogP contribution in [0.25, 0.3) is 0 Å². The minimum atomic E-state index is -3.15. The minimum Gasteiger partial charge on any atom is -0.314 e. The molecule has 2 atom stereocenters. The molecule has 104 valence electrons. The molecule has 0 aromatic heterocycles. The number of nitrogens with zero attached hydrogens (tertiary/aromatic N) is 1. The molecular formula is C13H18N2O2S2. The Kier molecular flexibility index (Phi) is 5.02. The highest BCUT2D eigenvalue weighted by Gasteiger charge is 2.21. The van der Waals surface area contributed by atoms with Gasteiger partial charge in [-0.15, -0.1) is 11.8 Å². The Bertz CT molecular complexity index is 572. The predicted molar refractivity (Wildman–Crippen MR) is 77.7 cm³/mol. The number of rotatable bonds is 5. The van der Waals surface area contributed by atoms with E-state index in [0.29, 0.717) is 11.3 Å². The fourth-order valence-electron chi connectivity index (χ4n) is 1.68. The van der Waals surface area contributed by atoms with E-state index in [1.165, 1.54) is 6.26 Å². The third kappa shape index (κ3) is 5.23. The van der Waals surface area contributed by atoms with Crippen LogP contribution in [-0.2, 0) is 9.84 Å². The molecule has 0 saturated heterocycles. The number of nitriles is 1. The summed E-state index contributed by atoms with van der Waals surface area (Å²) in [6.45, 7) is 3.70. The third-order valence-electron chi connectivity index (χ3n) is 2.56. The molecular weight excluding hydrogens is 280 g/mol. The van der Waals surface area contributed by atoms with Crippen LogP contribution in [-0.4, -0.2) is 25.5 Å². The molecule has 0 fully saturated rings. The van der Waals surface area contributed by atoms with E-state index in [1.54, 1.807) is 43.0 Å². The Morgan fingerprint density at radius 2 is 1.95 bits per heavy atom. The SMILES string of the molecule is CC(CC(C)(N)C#N)Sc1ccc(S(C)(=O)=O)cc1. The molecule has 1 rings (SSSR count). The molecule has 0 aliphatic heterocycles. The number of hydrogen-bond donors (Lipinski definition) is 1. The largest absolute Gasteiger partial charge is 0.314 e. The van der Waals surface area contributed by atoms with Gasteiger partial charge in [0.1, 0.15) is 5.54 Å². The van der Waals surface area contributed by atoms with E-state index in [2.05, 4.69) is 6.07 Å². The number of benzene rings is 1. The van der Waals surface area contributed by atoms with Crippen LogP contribution in [0.15, 0.2) is 34.1 Å². The summed E-state index contributed by atoms with van der Waals surface area (Å²) in [4.78, 5) is 1.28. The van der Waals surface area contributed by atoms with Crippen molar-refractivity contribution in [2.75, 3.05) is 6.26 Å². The van der Waals surface area contributed by atoms with Crippen molar-refractivity contribution in [1.82, 2.24) is 0 Å². The van der Waals surface area contributed by atoms with Crippen LogP contribution < -0.4 is 5.73 Å². The molecule has 0 radical (unpaired) electrons. The zero-order valence-electron chi connectivity index (χ0n) is 11.3. The van der Waals surface area contributed by atoms with Gasteiger partial charge < -0.3 is 5.73 Å². The van der Waals surface area contributed by atoms with Crippen LogP contribution in [0.2, 0.25) is 0 Å². The van der Waals surface area contributed by atoms with Gasteiger partial charge in [-0.05, 0) is 37.6 Å². The van der Waals surface area contributed by atoms with Gasteiger partial charge in [-0.2, -0.15) is 5.26 Å². The summed E-state index contributed by atoms with van der Waals surface area (Å²) in [5, 5.41) is 9.06. The van der Waals surface area contributed by atoms with Crippen molar-refractivity contribution >= 4 is 21.6 Å². The van der Waals surface area contributed by atoms with E-state index in [-0.39, 0.29) is 5.25 Å². The van der Waals surface area contributed by atoms with Gasteiger partial charge in [0, 0.05) is 16.4 Å². The number of nitrogens with two attached hydrogens (primary N) is 1. The molecule has 0 spiro atoms. The van der Waals surface area contributed by atoms with Gasteiger partial charge in [-0.3, -0.25) is 0 Å². The molecule has 0 aliphatic rings. The second-order valence-electron chi connectivity index (χ2n) is 4.91. The predicted octanol–water partition coefficient (Wildman–Crippen LogP) is 2.20. The van der Waals surface area contributed by atoms with E-state index in [9.17, 15) is 8.42 Å². The average molecular weight is 298 g/mol. The van der Waals surface area contributed by atoms with Crippen LogP contribution in [0, 0.1) is 11.3 Å². The van der Waals surface area contributed by atoms with Crippen molar-refractivity contribution in [2.24, 2.45) is 5.73 Å². The standard InChI is InChI=1S/C13H18N2O2S2/c1-10(8-13(2,15)9-14)18-11-4-6-12(7-5-11)19(3,16)17/h4-7,10H,8,15H2,1-3H3. The molecule has 4 nitrogen and oxygen atoms in total. The summed E-state index contributed by atoms with van der Waals surface area (Å²) < 4.78 is 22.7. The van der Waals surface area contributed by atoms with Gasteiger partial charge in [-0.25, -0.2) is 8.42 Å². The lowest BCUT2D eigenvalue weighted by Gasteiger charge is -2.20. The second kappa shape index (κ2) is 5.95. The van der Waals surface area contributed by atoms with Gasteiger partial charge in [0.05, 0.1) is 11.0 Å². The molecule has 19 heavy (non-hydrogen) atoms. The first-order valence-electron chi connectivity index (χ1n) is 5.81. The van der Waals surface area contributed by atoms with Crippen molar-refractivity contribution in [3.05, 3.63) is 24.3 Å². The molecule has 0 saturated carbocycles. The van der Waals surface area contributed by atoms with Crippen LogP contribution in [0.5, 0.6) is 0 Å². The molecule has 1 aromatic rings. The van der Waals surface area contributed by atoms with Crippen molar-refractivity contribution in [1.29, 1.82) is 5.26 Å². The zero-order chi connectivity index (χ0) is 14.7. The lowest BCUT2D eigenvalue weighted by Crippen LogP contribution is -2.36. The quantitative estimate of drug-likeness (QED) is 0.842. The summed E-state index contributed by atoms with van der Waals surface area (Å²) in [7, 11) is -3.15. The molecule has 1 aromatic carbocycles. The van der Waals surface area contributed by atoms with E-state index >= 15 is 0 Å². The van der Waals surface area contributed by atoms with Gasteiger partial charge in [0.25, 0.3) is 0 Å². The Morgan fingerprint density at radius 1 is 1.42 bits per heavy atom. The normalized spacial score (nSPS) is 16.4. The number of thioether (sulfide) groups is 1. The Hall–Kier alpha value is -1.03. The first kappa shape index (κ1) is 16.0. The van der Waals surface area contributed by atoms with Crippen molar-refractivity contribution < 1.29 is 8.42 Å². The highest BCUT2D eigenvalue weighted by molar-refractivity contribution is 8.00. The van der Waals surface area contributed by atoms with Crippen LogP contribution >= 0.6 is 11.8 Å². The van der Waals surface area contributed by atoms with Crippen molar-refractivity contribution in [2.45, 2.75) is 40.8 Å². The minimum absolute atomic E-state index is 0.179.